The number of pyridine rings is 1. The van der Waals surface area contributed by atoms with Crippen LogP contribution in [-0.2, 0) is 24.3 Å². The number of nitrogens with zero attached hydrogens (tertiary/aromatic N) is 4. The molecular formula is C25H26N6O2S2. The molecule has 1 aromatic carbocycles. The van der Waals surface area contributed by atoms with Crippen LogP contribution in [0.4, 0.5) is 5.13 Å². The number of thiazole rings is 1. The third-order valence-corrected chi connectivity index (χ3v) is 8.18. The second-order valence-corrected chi connectivity index (χ2v) is 11.1. The fourth-order valence-electron chi connectivity index (χ4n) is 4.07. The van der Waals surface area contributed by atoms with Crippen molar-refractivity contribution in [1.29, 1.82) is 0 Å². The maximum absolute atomic E-state index is 12.9. The van der Waals surface area contributed by atoms with E-state index in [2.05, 4.69) is 37.5 Å². The monoisotopic (exact) mass is 506 g/mol. The third-order valence-electron chi connectivity index (χ3n) is 5.99. The largest absolute Gasteiger partial charge is 0.350 e. The molecule has 2 aliphatic heterocycles. The molecule has 0 saturated heterocycles. The highest BCUT2D eigenvalue weighted by Crippen LogP contribution is 2.30. The van der Waals surface area contributed by atoms with Gasteiger partial charge in [0.1, 0.15) is 6.04 Å². The molecule has 0 radical (unpaired) electrons. The van der Waals surface area contributed by atoms with Gasteiger partial charge in [-0.25, -0.2) is 4.98 Å². The van der Waals surface area contributed by atoms with Gasteiger partial charge in [0.25, 0.3) is 5.91 Å². The van der Waals surface area contributed by atoms with E-state index in [-0.39, 0.29) is 17.1 Å². The lowest BCUT2D eigenvalue weighted by Crippen LogP contribution is -2.36. The van der Waals surface area contributed by atoms with E-state index < -0.39 is 6.04 Å². The summed E-state index contributed by atoms with van der Waals surface area (Å²) in [5.41, 5.74) is 3.43. The molecule has 2 amide bonds. The van der Waals surface area contributed by atoms with Gasteiger partial charge in [-0.2, -0.15) is 0 Å². The average Bonchev–Trinajstić information content (AvgIpc) is 3.45. The molecule has 35 heavy (non-hydrogen) atoms. The summed E-state index contributed by atoms with van der Waals surface area (Å²) in [6, 6.07) is 10.6. The number of aliphatic imine (C=N–C) groups is 1. The number of nitrogens with one attached hydrogen (secondary N) is 2. The summed E-state index contributed by atoms with van der Waals surface area (Å²) >= 11 is 3.13. The maximum atomic E-state index is 12.9. The van der Waals surface area contributed by atoms with Crippen molar-refractivity contribution >= 4 is 45.1 Å². The van der Waals surface area contributed by atoms with E-state index in [1.54, 1.807) is 36.3 Å². The molecule has 10 heteroatoms. The third kappa shape index (κ3) is 5.44. The predicted octanol–water partition coefficient (Wildman–Crippen LogP) is 3.35. The van der Waals surface area contributed by atoms with Crippen molar-refractivity contribution in [3.8, 4) is 0 Å². The van der Waals surface area contributed by atoms with Gasteiger partial charge >= 0.3 is 0 Å². The Labute approximate surface area is 212 Å². The second-order valence-electron chi connectivity index (χ2n) is 8.69. The molecule has 2 aromatic heterocycles. The quantitative estimate of drug-likeness (QED) is 0.532. The zero-order valence-corrected chi connectivity index (χ0v) is 21.2. The first kappa shape index (κ1) is 23.7. The predicted molar refractivity (Wildman–Crippen MR) is 140 cm³/mol. The average molecular weight is 507 g/mol. The van der Waals surface area contributed by atoms with Crippen LogP contribution in [0, 0.1) is 0 Å². The number of anilines is 1. The van der Waals surface area contributed by atoms with E-state index in [0.29, 0.717) is 17.2 Å². The van der Waals surface area contributed by atoms with Crippen LogP contribution in [0.2, 0.25) is 0 Å². The molecule has 4 heterocycles. The first-order valence-electron chi connectivity index (χ1n) is 11.5. The van der Waals surface area contributed by atoms with Gasteiger partial charge < -0.3 is 10.2 Å². The van der Waals surface area contributed by atoms with Crippen molar-refractivity contribution in [2.24, 2.45) is 4.99 Å². The summed E-state index contributed by atoms with van der Waals surface area (Å²) < 4.78 is 0. The van der Waals surface area contributed by atoms with Crippen LogP contribution >= 0.6 is 23.1 Å². The van der Waals surface area contributed by atoms with E-state index in [4.69, 9.17) is 0 Å². The zero-order valence-electron chi connectivity index (χ0n) is 19.5. The lowest BCUT2D eigenvalue weighted by molar-refractivity contribution is -0.122. The van der Waals surface area contributed by atoms with Gasteiger partial charge in [-0.1, -0.05) is 19.1 Å². The number of aromatic nitrogens is 2. The second kappa shape index (κ2) is 10.3. The molecule has 3 aromatic rings. The smallest absolute Gasteiger partial charge is 0.257 e. The SMILES string of the molecule is CC1SC(c2ccncc2)=NC1C(=O)NCc1cccc(C(=O)Nc2nc3c(s2)CN(C)CC3)c1. The number of amides is 2. The number of likely N-dealkylation sites (N-methyl/N-ethyl adjacent to an activating group) is 1. The van der Waals surface area contributed by atoms with Gasteiger partial charge in [-0.05, 0) is 36.9 Å². The van der Waals surface area contributed by atoms with E-state index in [1.165, 1.54) is 16.2 Å². The Hall–Kier alpha value is -3.08. The van der Waals surface area contributed by atoms with Crippen molar-refractivity contribution < 1.29 is 9.59 Å². The molecule has 0 fully saturated rings. The Morgan fingerprint density at radius 1 is 1.20 bits per heavy atom. The normalized spacial score (nSPS) is 19.7. The van der Waals surface area contributed by atoms with Crippen LogP contribution in [0.25, 0.3) is 0 Å². The number of rotatable bonds is 6. The highest BCUT2D eigenvalue weighted by atomic mass is 32.2. The highest BCUT2D eigenvalue weighted by Gasteiger charge is 2.32. The van der Waals surface area contributed by atoms with Crippen LogP contribution in [0.3, 0.4) is 0 Å². The Bertz CT molecular complexity index is 1280. The van der Waals surface area contributed by atoms with Crippen molar-refractivity contribution in [1.82, 2.24) is 20.2 Å². The lowest BCUT2D eigenvalue weighted by Gasteiger charge is -2.20. The van der Waals surface area contributed by atoms with Crippen LogP contribution in [-0.4, -0.2) is 56.6 Å². The van der Waals surface area contributed by atoms with Crippen LogP contribution in [0.15, 0.2) is 53.8 Å². The Kier molecular flexibility index (Phi) is 6.94. The van der Waals surface area contributed by atoms with E-state index in [0.717, 1.165) is 41.4 Å². The summed E-state index contributed by atoms with van der Waals surface area (Å²) in [7, 11) is 2.09. The Balaban J connectivity index is 1.20. The molecule has 0 spiro atoms. The summed E-state index contributed by atoms with van der Waals surface area (Å²) in [6.07, 6.45) is 4.35. The van der Waals surface area contributed by atoms with Gasteiger partial charge in [0.2, 0.25) is 5.91 Å². The van der Waals surface area contributed by atoms with Crippen LogP contribution in [0.5, 0.6) is 0 Å². The Morgan fingerprint density at radius 3 is 2.86 bits per heavy atom. The number of carbonyl (C=O) groups is 2. The van der Waals surface area contributed by atoms with Gasteiger partial charge in [0.05, 0.1) is 10.7 Å². The molecule has 2 unspecified atom stereocenters. The molecule has 0 aliphatic carbocycles. The summed E-state index contributed by atoms with van der Waals surface area (Å²) in [4.78, 5) is 42.4. The number of fused-ring (bicyclic) bond motifs is 1. The van der Waals surface area contributed by atoms with E-state index in [9.17, 15) is 9.59 Å². The van der Waals surface area contributed by atoms with Gasteiger partial charge in [0, 0.05) is 59.7 Å². The van der Waals surface area contributed by atoms with Crippen LogP contribution in [0.1, 0.15) is 39.0 Å². The van der Waals surface area contributed by atoms with Crippen molar-refractivity contribution in [2.45, 2.75) is 37.7 Å². The first-order valence-corrected chi connectivity index (χ1v) is 13.2. The van der Waals surface area contributed by atoms with E-state index in [1.807, 2.05) is 31.2 Å². The summed E-state index contributed by atoms with van der Waals surface area (Å²) in [5, 5.41) is 7.43. The van der Waals surface area contributed by atoms with Crippen molar-refractivity contribution in [2.75, 3.05) is 18.9 Å². The molecule has 8 nitrogen and oxygen atoms in total. The maximum Gasteiger partial charge on any atom is 0.257 e. The lowest BCUT2D eigenvalue weighted by atomic mass is 10.1. The summed E-state index contributed by atoms with van der Waals surface area (Å²) in [6.45, 7) is 4.18. The van der Waals surface area contributed by atoms with Crippen molar-refractivity contribution in [3.63, 3.8) is 0 Å². The van der Waals surface area contributed by atoms with Gasteiger partial charge in [-0.3, -0.25) is 24.9 Å². The minimum atomic E-state index is -0.454. The minimum absolute atomic E-state index is 0.0409. The minimum Gasteiger partial charge on any atom is -0.350 e. The number of hydrogen-bond donors (Lipinski definition) is 2. The number of carbonyl (C=O) groups excluding carboxylic acids is 2. The standard InChI is InChI=1S/C25H26N6O2S2/c1-15-21(29-24(34-15)17-6-9-26-10-7-17)23(33)27-13-16-4-3-5-18(12-16)22(32)30-25-28-19-8-11-31(2)14-20(19)35-25/h3-7,9-10,12,15,21H,8,11,13-14H2,1-2H3,(H,27,33)(H,28,30,32). The number of hydrogen-bond acceptors (Lipinski definition) is 8. The van der Waals surface area contributed by atoms with Gasteiger partial charge in [0.15, 0.2) is 5.13 Å². The molecule has 180 valence electrons. The van der Waals surface area contributed by atoms with Crippen molar-refractivity contribution in [3.05, 3.63) is 76.1 Å². The molecule has 5 rings (SSSR count). The molecule has 2 atom stereocenters. The zero-order chi connectivity index (χ0) is 24.4. The topological polar surface area (TPSA) is 99.6 Å². The molecular weight excluding hydrogens is 480 g/mol. The molecule has 0 saturated carbocycles. The van der Waals surface area contributed by atoms with Crippen LogP contribution < -0.4 is 10.6 Å². The number of benzene rings is 1. The first-order chi connectivity index (χ1) is 17.0. The summed E-state index contributed by atoms with van der Waals surface area (Å²) in [5.74, 6) is -0.327. The highest BCUT2D eigenvalue weighted by molar-refractivity contribution is 8.15. The molecule has 2 N–H and O–H groups in total. The fourth-order valence-corrected chi connectivity index (χ4v) is 6.27. The molecule has 0 bridgehead atoms. The van der Waals surface area contributed by atoms with E-state index >= 15 is 0 Å². The number of thioether (sulfide) groups is 1. The Morgan fingerprint density at radius 2 is 2.03 bits per heavy atom. The van der Waals surface area contributed by atoms with Gasteiger partial charge in [-0.15, -0.1) is 23.1 Å². The molecule has 2 aliphatic rings. The fraction of sp³-hybridized carbons (Fsp3) is 0.320.